The highest BCUT2D eigenvalue weighted by Crippen LogP contribution is 2.27. The van der Waals surface area contributed by atoms with E-state index in [-0.39, 0.29) is 17.7 Å². The van der Waals surface area contributed by atoms with E-state index in [1.54, 1.807) is 36.3 Å². The molecule has 2 fully saturated rings. The summed E-state index contributed by atoms with van der Waals surface area (Å²) in [6.07, 6.45) is 8.06. The third-order valence-corrected chi connectivity index (χ3v) is 6.16. The third kappa shape index (κ3) is 4.18. The number of carbonyl (C=O) groups excluding carboxylic acids is 2. The van der Waals surface area contributed by atoms with Crippen molar-refractivity contribution in [2.75, 3.05) is 43.5 Å². The molecule has 0 saturated carbocycles. The summed E-state index contributed by atoms with van der Waals surface area (Å²) in [4.78, 5) is 43.3. The Balaban J connectivity index is 1.17. The van der Waals surface area contributed by atoms with Gasteiger partial charge in [-0.2, -0.15) is 0 Å². The van der Waals surface area contributed by atoms with E-state index in [1.807, 2.05) is 41.4 Å². The monoisotopic (exact) mass is 446 g/mol. The minimum Gasteiger partial charge on any atom is -0.481 e. The molecular formula is C24H26N6O3. The average Bonchev–Trinajstić information content (AvgIpc) is 3.45. The molecule has 4 heterocycles. The quantitative estimate of drug-likeness (QED) is 0.673. The average molecular weight is 447 g/mol. The van der Waals surface area contributed by atoms with E-state index >= 15 is 0 Å². The smallest absolute Gasteiger partial charge is 0.268 e. The molecule has 0 spiro atoms. The molecule has 2 amide bonds. The highest BCUT2D eigenvalue weighted by atomic mass is 16.5. The van der Waals surface area contributed by atoms with Crippen molar-refractivity contribution in [2.24, 2.45) is 10.9 Å². The Morgan fingerprint density at radius 1 is 1.12 bits per heavy atom. The number of nitrogens with zero attached hydrogens (tertiary/aromatic N) is 6. The number of amides is 2. The van der Waals surface area contributed by atoms with E-state index < -0.39 is 6.10 Å². The molecule has 2 saturated heterocycles. The second kappa shape index (κ2) is 8.65. The number of hydrogen-bond donors (Lipinski definition) is 0. The molecule has 0 radical (unpaired) electrons. The Labute approximate surface area is 192 Å². The molecule has 0 N–H and O–H groups in total. The first kappa shape index (κ1) is 21.1. The Bertz CT molecular complexity index is 1100. The zero-order chi connectivity index (χ0) is 22.9. The van der Waals surface area contributed by atoms with Gasteiger partial charge in [-0.3, -0.25) is 14.6 Å². The van der Waals surface area contributed by atoms with Crippen LogP contribution in [0.3, 0.4) is 0 Å². The van der Waals surface area contributed by atoms with Crippen LogP contribution in [0.1, 0.15) is 18.4 Å². The lowest BCUT2D eigenvalue weighted by molar-refractivity contribution is -0.133. The Kier molecular flexibility index (Phi) is 5.53. The van der Waals surface area contributed by atoms with Gasteiger partial charge in [0, 0.05) is 52.8 Å². The third-order valence-electron chi connectivity index (χ3n) is 6.16. The lowest BCUT2D eigenvalue weighted by Gasteiger charge is -2.39. The van der Waals surface area contributed by atoms with Crippen molar-refractivity contribution in [1.29, 1.82) is 0 Å². The summed E-state index contributed by atoms with van der Waals surface area (Å²) >= 11 is 0. The van der Waals surface area contributed by atoms with Crippen LogP contribution in [0.25, 0.3) is 0 Å². The first-order chi connectivity index (χ1) is 16.0. The molecule has 0 bridgehead atoms. The molecule has 2 aromatic rings. The second-order valence-corrected chi connectivity index (χ2v) is 8.65. The van der Waals surface area contributed by atoms with Crippen molar-refractivity contribution in [3.8, 4) is 5.75 Å². The van der Waals surface area contributed by atoms with Crippen molar-refractivity contribution in [3.05, 3.63) is 54.5 Å². The maximum atomic E-state index is 12.9. The summed E-state index contributed by atoms with van der Waals surface area (Å²) < 4.78 is 5.97. The zero-order valence-electron chi connectivity index (χ0n) is 18.7. The lowest BCUT2D eigenvalue weighted by Crippen LogP contribution is -2.54. The van der Waals surface area contributed by atoms with Crippen LogP contribution in [0, 0.1) is 5.92 Å². The second-order valence-electron chi connectivity index (χ2n) is 8.65. The number of benzene rings is 1. The molecule has 9 heteroatoms. The van der Waals surface area contributed by atoms with Gasteiger partial charge in [-0.15, -0.1) is 0 Å². The standard InChI is InChI=1S/C24H26N6O3/c1-28(2)22(31)17-14-29(15-17)24-26-12-18(13-27-24)30-11-9-21(23(30)32)33-19-7-5-16(6-8-19)20-4-3-10-25-20/h3,5-8,10,12-13,17,21H,4,9,11,14-15H2,1-2H3/t21-/m1/s1. The predicted octanol–water partition coefficient (Wildman–Crippen LogP) is 1.89. The maximum Gasteiger partial charge on any atom is 0.268 e. The number of anilines is 2. The van der Waals surface area contributed by atoms with Crippen molar-refractivity contribution in [1.82, 2.24) is 14.9 Å². The van der Waals surface area contributed by atoms with Gasteiger partial charge < -0.3 is 19.4 Å². The summed E-state index contributed by atoms with van der Waals surface area (Å²) in [5.74, 6) is 1.24. The van der Waals surface area contributed by atoms with E-state index in [1.165, 1.54) is 0 Å². The summed E-state index contributed by atoms with van der Waals surface area (Å²) in [7, 11) is 3.53. The Morgan fingerprint density at radius 3 is 2.48 bits per heavy atom. The minimum atomic E-state index is -0.533. The predicted molar refractivity (Wildman–Crippen MR) is 125 cm³/mol. The molecule has 0 aliphatic carbocycles. The van der Waals surface area contributed by atoms with Gasteiger partial charge in [0.05, 0.1) is 29.7 Å². The summed E-state index contributed by atoms with van der Waals surface area (Å²) in [6.45, 7) is 1.77. The van der Waals surface area contributed by atoms with Crippen molar-refractivity contribution < 1.29 is 14.3 Å². The number of rotatable bonds is 6. The van der Waals surface area contributed by atoms with Gasteiger partial charge >= 0.3 is 0 Å². The van der Waals surface area contributed by atoms with E-state index in [4.69, 9.17) is 4.74 Å². The molecule has 3 aliphatic rings. The van der Waals surface area contributed by atoms with Crippen LogP contribution in [0.2, 0.25) is 0 Å². The van der Waals surface area contributed by atoms with Crippen LogP contribution >= 0.6 is 0 Å². The summed E-state index contributed by atoms with van der Waals surface area (Å²) in [5.41, 5.74) is 2.74. The molecule has 1 aromatic carbocycles. The molecule has 33 heavy (non-hydrogen) atoms. The molecule has 9 nitrogen and oxygen atoms in total. The topological polar surface area (TPSA) is 91.2 Å². The van der Waals surface area contributed by atoms with E-state index in [0.29, 0.717) is 43.4 Å². The van der Waals surface area contributed by atoms with Gasteiger partial charge in [0.2, 0.25) is 11.9 Å². The van der Waals surface area contributed by atoms with Crippen LogP contribution < -0.4 is 14.5 Å². The highest BCUT2D eigenvalue weighted by molar-refractivity contribution is 6.03. The van der Waals surface area contributed by atoms with Gasteiger partial charge in [-0.25, -0.2) is 9.97 Å². The summed E-state index contributed by atoms with van der Waals surface area (Å²) in [5, 5.41) is 0. The van der Waals surface area contributed by atoms with Crippen molar-refractivity contribution in [3.63, 3.8) is 0 Å². The number of carbonyl (C=O) groups is 2. The van der Waals surface area contributed by atoms with Gasteiger partial charge in [-0.05, 0) is 29.8 Å². The van der Waals surface area contributed by atoms with Crippen molar-refractivity contribution in [2.45, 2.75) is 18.9 Å². The number of hydrogen-bond acceptors (Lipinski definition) is 7. The number of aliphatic imine (C=N–C) groups is 1. The van der Waals surface area contributed by atoms with E-state index in [9.17, 15) is 9.59 Å². The number of allylic oxidation sites excluding steroid dienone is 1. The maximum absolute atomic E-state index is 12.9. The fourth-order valence-corrected chi connectivity index (χ4v) is 4.24. The fourth-order valence-electron chi connectivity index (χ4n) is 4.24. The zero-order valence-corrected chi connectivity index (χ0v) is 18.7. The molecule has 3 aliphatic heterocycles. The normalized spacial score (nSPS) is 20.1. The van der Waals surface area contributed by atoms with E-state index in [2.05, 4.69) is 15.0 Å². The molecule has 1 aromatic heterocycles. The Hall–Kier alpha value is -3.75. The van der Waals surface area contributed by atoms with Crippen LogP contribution in [-0.2, 0) is 9.59 Å². The fraction of sp³-hybridized carbons (Fsp3) is 0.375. The molecule has 1 atom stereocenters. The first-order valence-corrected chi connectivity index (χ1v) is 11.1. The summed E-state index contributed by atoms with van der Waals surface area (Å²) in [6, 6.07) is 7.70. The van der Waals surface area contributed by atoms with Crippen LogP contribution in [-0.4, -0.2) is 72.2 Å². The van der Waals surface area contributed by atoms with Crippen molar-refractivity contribution >= 4 is 29.2 Å². The van der Waals surface area contributed by atoms with Gasteiger partial charge in [0.1, 0.15) is 5.75 Å². The first-order valence-electron chi connectivity index (χ1n) is 11.1. The van der Waals surface area contributed by atoms with Crippen LogP contribution in [0.15, 0.2) is 53.9 Å². The van der Waals surface area contributed by atoms with Gasteiger partial charge in [0.25, 0.3) is 5.91 Å². The molecule has 170 valence electrons. The molecule has 5 rings (SSSR count). The SMILES string of the molecule is CN(C)C(=O)C1CN(c2ncc(N3CC[C@@H](Oc4ccc(C5=NC=CC5)cc4)C3=O)cn2)C1. The number of aromatic nitrogens is 2. The lowest BCUT2D eigenvalue weighted by atomic mass is 9.99. The largest absolute Gasteiger partial charge is 0.481 e. The highest BCUT2D eigenvalue weighted by Gasteiger charge is 2.37. The minimum absolute atomic E-state index is 0.0155. The Morgan fingerprint density at radius 2 is 1.85 bits per heavy atom. The van der Waals surface area contributed by atoms with Crippen LogP contribution in [0.5, 0.6) is 5.75 Å². The van der Waals surface area contributed by atoms with Gasteiger partial charge in [0.15, 0.2) is 6.10 Å². The number of ether oxygens (including phenoxy) is 1. The van der Waals surface area contributed by atoms with E-state index in [0.717, 1.165) is 17.7 Å². The van der Waals surface area contributed by atoms with Crippen LogP contribution in [0.4, 0.5) is 11.6 Å². The molecule has 0 unspecified atom stereocenters. The van der Waals surface area contributed by atoms with Gasteiger partial charge in [-0.1, -0.05) is 6.08 Å². The molecular weight excluding hydrogens is 420 g/mol.